The molecular formula is C46H80N2O3. The Morgan fingerprint density at radius 2 is 1.55 bits per heavy atom. The van der Waals surface area contributed by atoms with Gasteiger partial charge in [-0.1, -0.05) is 91.4 Å². The molecule has 2 N–H and O–H groups in total. The number of allylic oxidation sites excluding steroid dienone is 2. The third kappa shape index (κ3) is 11.8. The first-order valence-electron chi connectivity index (χ1n) is 22.0. The first-order chi connectivity index (χ1) is 24.5. The van der Waals surface area contributed by atoms with Crippen molar-refractivity contribution in [3.05, 3.63) is 24.3 Å². The number of rotatable bonds is 24. The molecule has 0 aromatic rings. The summed E-state index contributed by atoms with van der Waals surface area (Å²) in [5, 5.41) is 12.7. The molecule has 0 aromatic heterocycles. The van der Waals surface area contributed by atoms with Gasteiger partial charge < -0.3 is 15.3 Å². The molecule has 51 heavy (non-hydrogen) atoms. The maximum absolute atomic E-state index is 13.1. The largest absolute Gasteiger partial charge is 0.396 e. The number of carbonyl (C=O) groups is 2. The minimum Gasteiger partial charge on any atom is -0.396 e. The van der Waals surface area contributed by atoms with Crippen molar-refractivity contribution in [2.75, 3.05) is 26.2 Å². The van der Waals surface area contributed by atoms with Crippen molar-refractivity contribution < 1.29 is 14.7 Å². The average Bonchev–Trinajstić information content (AvgIpc) is 3.46. The summed E-state index contributed by atoms with van der Waals surface area (Å²) in [6.07, 6.45) is 29.4. The number of ketones is 1. The Bertz CT molecular complexity index is 1120. The monoisotopic (exact) mass is 709 g/mol. The van der Waals surface area contributed by atoms with Crippen LogP contribution in [-0.2, 0) is 9.59 Å². The maximum atomic E-state index is 13.1. The number of hydrogen-bond acceptors (Lipinski definition) is 4. The normalized spacial score (nSPS) is 30.7. The molecule has 5 heteroatoms. The van der Waals surface area contributed by atoms with Crippen molar-refractivity contribution in [1.82, 2.24) is 10.2 Å². The first-order valence-corrected chi connectivity index (χ1v) is 22.0. The van der Waals surface area contributed by atoms with E-state index in [-0.39, 0.29) is 18.3 Å². The highest BCUT2D eigenvalue weighted by molar-refractivity contribution is 5.88. The van der Waals surface area contributed by atoms with E-state index in [4.69, 9.17) is 0 Å². The minimum atomic E-state index is 0.150. The van der Waals surface area contributed by atoms with E-state index >= 15 is 0 Å². The fraction of sp³-hybridized carbons (Fsp3) is 0.870. The van der Waals surface area contributed by atoms with Gasteiger partial charge in [0.15, 0.2) is 5.78 Å². The molecule has 5 nitrogen and oxygen atoms in total. The molecule has 292 valence electrons. The predicted molar refractivity (Wildman–Crippen MR) is 214 cm³/mol. The van der Waals surface area contributed by atoms with Gasteiger partial charge in [0.05, 0.1) is 0 Å². The molecule has 8 atom stereocenters. The van der Waals surface area contributed by atoms with Crippen LogP contribution in [0.15, 0.2) is 24.3 Å². The van der Waals surface area contributed by atoms with E-state index in [1.807, 2.05) is 0 Å². The average molecular weight is 709 g/mol. The molecule has 0 aliphatic heterocycles. The summed E-state index contributed by atoms with van der Waals surface area (Å²) in [4.78, 5) is 27.1. The van der Waals surface area contributed by atoms with Crippen LogP contribution in [0.25, 0.3) is 0 Å². The number of amides is 1. The molecule has 3 saturated carbocycles. The van der Waals surface area contributed by atoms with Gasteiger partial charge in [-0.15, -0.1) is 0 Å². The van der Waals surface area contributed by atoms with Crippen molar-refractivity contribution in [2.45, 2.75) is 182 Å². The van der Waals surface area contributed by atoms with Gasteiger partial charge in [0.1, 0.15) is 0 Å². The van der Waals surface area contributed by atoms with Crippen molar-refractivity contribution >= 4 is 11.7 Å². The van der Waals surface area contributed by atoms with Crippen LogP contribution in [0.3, 0.4) is 0 Å². The lowest BCUT2D eigenvalue weighted by Crippen LogP contribution is -2.52. The molecule has 3 fully saturated rings. The first kappa shape index (κ1) is 42.3. The molecule has 4 aliphatic rings. The molecule has 0 bridgehead atoms. The smallest absolute Gasteiger partial charge is 0.220 e. The fourth-order valence-corrected chi connectivity index (χ4v) is 11.8. The third-order valence-electron chi connectivity index (χ3n) is 14.8. The van der Waals surface area contributed by atoms with E-state index < -0.39 is 0 Å². The van der Waals surface area contributed by atoms with E-state index in [1.165, 1.54) is 63.9 Å². The third-order valence-corrected chi connectivity index (χ3v) is 14.8. The van der Waals surface area contributed by atoms with E-state index in [0.29, 0.717) is 29.7 Å². The topological polar surface area (TPSA) is 69.6 Å². The summed E-state index contributed by atoms with van der Waals surface area (Å²) in [6.45, 7) is 19.6. The molecule has 0 spiro atoms. The highest BCUT2D eigenvalue weighted by Crippen LogP contribution is 2.67. The zero-order valence-electron chi connectivity index (χ0n) is 34.0. The summed E-state index contributed by atoms with van der Waals surface area (Å²) in [5.74, 6) is 5.60. The lowest BCUT2D eigenvalue weighted by atomic mass is 9.47. The van der Waals surface area contributed by atoms with Crippen molar-refractivity contribution in [3.63, 3.8) is 0 Å². The van der Waals surface area contributed by atoms with Crippen LogP contribution in [0.5, 0.6) is 0 Å². The second kappa shape index (κ2) is 20.8. The summed E-state index contributed by atoms with van der Waals surface area (Å²) in [5.41, 5.74) is 2.55. The summed E-state index contributed by atoms with van der Waals surface area (Å²) < 4.78 is 0. The number of aliphatic hydroxyl groups excluding tert-OH is 1. The second-order valence-corrected chi connectivity index (χ2v) is 18.7. The number of fused-ring (bicyclic) bond motifs is 5. The number of aliphatic hydroxyl groups is 1. The van der Waals surface area contributed by atoms with Gasteiger partial charge in [0, 0.05) is 25.5 Å². The molecule has 0 heterocycles. The lowest BCUT2D eigenvalue weighted by Gasteiger charge is -2.58. The van der Waals surface area contributed by atoms with E-state index in [0.717, 1.165) is 126 Å². The number of nitrogens with zero attached hydrogens (tertiary/aromatic N) is 1. The molecule has 0 aromatic carbocycles. The lowest BCUT2D eigenvalue weighted by molar-refractivity contribution is -0.122. The Balaban J connectivity index is 1.17. The molecular weight excluding hydrogens is 629 g/mol. The minimum absolute atomic E-state index is 0.150. The van der Waals surface area contributed by atoms with Crippen molar-refractivity contribution in [3.8, 4) is 0 Å². The number of unbranched alkanes of at least 4 members (excludes halogenated alkanes) is 6. The Kier molecular flexibility index (Phi) is 17.3. The number of hydrogen-bond donors (Lipinski definition) is 2. The van der Waals surface area contributed by atoms with Gasteiger partial charge in [-0.05, 0) is 162 Å². The maximum Gasteiger partial charge on any atom is 0.220 e. The van der Waals surface area contributed by atoms with Gasteiger partial charge in [0.2, 0.25) is 5.91 Å². The predicted octanol–water partition coefficient (Wildman–Crippen LogP) is 10.9. The van der Waals surface area contributed by atoms with Crippen LogP contribution in [-0.4, -0.2) is 54.0 Å². The fourth-order valence-electron chi connectivity index (χ4n) is 11.8. The van der Waals surface area contributed by atoms with Crippen molar-refractivity contribution in [1.29, 1.82) is 0 Å². The highest BCUT2D eigenvalue weighted by Gasteiger charge is 2.59. The zero-order chi connectivity index (χ0) is 36.9. The Morgan fingerprint density at radius 1 is 0.863 bits per heavy atom. The number of carbonyl (C=O) groups excluding carboxylic acids is 2. The zero-order valence-corrected chi connectivity index (χ0v) is 34.0. The van der Waals surface area contributed by atoms with E-state index in [1.54, 1.807) is 5.57 Å². The van der Waals surface area contributed by atoms with Crippen LogP contribution < -0.4 is 5.32 Å². The van der Waals surface area contributed by atoms with E-state index in [9.17, 15) is 14.7 Å². The van der Waals surface area contributed by atoms with E-state index in [2.05, 4.69) is 57.5 Å². The Labute approximate surface area is 314 Å². The Hall–Kier alpha value is -1.46. The second-order valence-electron chi connectivity index (χ2n) is 18.7. The molecule has 4 aliphatic carbocycles. The van der Waals surface area contributed by atoms with Gasteiger partial charge in [-0.3, -0.25) is 9.59 Å². The van der Waals surface area contributed by atoms with Gasteiger partial charge >= 0.3 is 0 Å². The standard InChI is InChI=1S/C46H80N2O3/c1-7-39(50)20-11-8-9-13-30-48(32-15-16-33-49)31-14-10-12-21-44(51)47-38-26-28-45(5)37(34-38)22-23-40-42-25-24-41(36(4)19-17-18-35(2)3)46(42,6)29-27-43(40)45/h7,22,35-36,38,40-43,49H,1,8-21,23-34H2,2-6H3,(H,47,51). The SMILES string of the molecule is C=CC(=O)CCCCCCN(CCCCO)CCCCCC(=O)NC1CCC2(C)C(=CCC3C2CCC2(C)C(C(C)CCCC(C)C)CCC32)C1. The quantitative estimate of drug-likeness (QED) is 0.0595. The van der Waals surface area contributed by atoms with Crippen LogP contribution in [0, 0.1) is 46.3 Å². The molecule has 8 unspecified atom stereocenters. The molecule has 0 radical (unpaired) electrons. The number of nitrogens with one attached hydrogen (secondary N) is 1. The highest BCUT2D eigenvalue weighted by atomic mass is 16.3. The van der Waals surface area contributed by atoms with Crippen LogP contribution in [0.4, 0.5) is 0 Å². The van der Waals surface area contributed by atoms with Gasteiger partial charge in [-0.25, -0.2) is 0 Å². The van der Waals surface area contributed by atoms with Gasteiger partial charge in [0.25, 0.3) is 0 Å². The molecule has 0 saturated heterocycles. The van der Waals surface area contributed by atoms with Crippen LogP contribution >= 0.6 is 0 Å². The van der Waals surface area contributed by atoms with Crippen molar-refractivity contribution in [2.24, 2.45) is 46.3 Å². The van der Waals surface area contributed by atoms with Crippen LogP contribution in [0.1, 0.15) is 176 Å². The Morgan fingerprint density at radius 3 is 2.25 bits per heavy atom. The summed E-state index contributed by atoms with van der Waals surface area (Å²) in [6, 6.07) is 0.307. The van der Waals surface area contributed by atoms with Crippen LogP contribution in [0.2, 0.25) is 0 Å². The van der Waals surface area contributed by atoms with Gasteiger partial charge in [-0.2, -0.15) is 0 Å². The summed E-state index contributed by atoms with van der Waals surface area (Å²) >= 11 is 0. The molecule has 4 rings (SSSR count). The summed E-state index contributed by atoms with van der Waals surface area (Å²) in [7, 11) is 0. The molecule has 1 amide bonds.